The Morgan fingerprint density at radius 1 is 1.11 bits per heavy atom. The molecule has 10 heteroatoms. The molecule has 4 aromatic rings. The number of amides is 1. The predicted molar refractivity (Wildman–Crippen MR) is 149 cm³/mol. The van der Waals surface area contributed by atoms with Gasteiger partial charge in [-0.2, -0.15) is 10.2 Å². The zero-order valence-corrected chi connectivity index (χ0v) is 23.9. The fourth-order valence-electron chi connectivity index (χ4n) is 5.26. The molecule has 0 radical (unpaired) electrons. The maximum atomic E-state index is 14.0. The van der Waals surface area contributed by atoms with E-state index in [-0.39, 0.29) is 18.0 Å². The Morgan fingerprint density at radius 2 is 1.82 bits per heavy atom. The molecular formula is C28H34N6O3S. The van der Waals surface area contributed by atoms with Crippen LogP contribution < -0.4 is 5.32 Å². The molecule has 200 valence electrons. The summed E-state index contributed by atoms with van der Waals surface area (Å²) >= 11 is 1.49. The second kappa shape index (κ2) is 9.98. The zero-order valence-electron chi connectivity index (χ0n) is 23.1. The van der Waals surface area contributed by atoms with Crippen LogP contribution in [0.2, 0.25) is 0 Å². The number of anilines is 1. The average molecular weight is 535 g/mol. The highest BCUT2D eigenvalue weighted by atomic mass is 32.1. The standard InChI is InChI=1S/C28H34N6O3S/c1-8-14(2)37-28(36)24-18-11-9-10-12-21(18)38-27(24)30-26(35)19-13-20(22-15(3)31-33(6)17(22)5)29-25-23(19)16(4)32-34(25)7/h13-14H,8-12H2,1-7H3,(H,30,35)/t14-/m0/s1. The van der Waals surface area contributed by atoms with Crippen LogP contribution in [0.5, 0.6) is 0 Å². The lowest BCUT2D eigenvalue weighted by molar-refractivity contribution is 0.0335. The van der Waals surface area contributed by atoms with Crippen LogP contribution in [0, 0.1) is 20.8 Å². The molecule has 1 aliphatic carbocycles. The van der Waals surface area contributed by atoms with Gasteiger partial charge >= 0.3 is 5.97 Å². The molecule has 1 amide bonds. The van der Waals surface area contributed by atoms with Crippen molar-refractivity contribution in [1.29, 1.82) is 0 Å². The van der Waals surface area contributed by atoms with Gasteiger partial charge < -0.3 is 10.1 Å². The van der Waals surface area contributed by atoms with E-state index >= 15 is 0 Å². The first kappa shape index (κ1) is 26.1. The molecule has 4 aromatic heterocycles. The molecule has 1 atom stereocenters. The van der Waals surface area contributed by atoms with Crippen LogP contribution in [0.1, 0.15) is 81.3 Å². The lowest BCUT2D eigenvalue weighted by Gasteiger charge is -2.15. The molecule has 1 N–H and O–H groups in total. The van der Waals surface area contributed by atoms with E-state index in [0.717, 1.165) is 59.5 Å². The molecule has 4 heterocycles. The van der Waals surface area contributed by atoms with E-state index in [2.05, 4.69) is 15.5 Å². The lowest BCUT2D eigenvalue weighted by atomic mass is 9.95. The van der Waals surface area contributed by atoms with Crippen molar-refractivity contribution in [3.05, 3.63) is 44.7 Å². The second-order valence-electron chi connectivity index (χ2n) is 10.1. The van der Waals surface area contributed by atoms with Gasteiger partial charge in [-0.05, 0) is 71.4 Å². The minimum Gasteiger partial charge on any atom is -0.459 e. The molecule has 0 bridgehead atoms. The molecule has 0 spiro atoms. The van der Waals surface area contributed by atoms with E-state index in [1.165, 1.54) is 11.3 Å². The van der Waals surface area contributed by atoms with E-state index in [9.17, 15) is 9.59 Å². The first-order valence-electron chi connectivity index (χ1n) is 13.1. The van der Waals surface area contributed by atoms with Crippen molar-refractivity contribution in [3.8, 4) is 11.3 Å². The highest BCUT2D eigenvalue weighted by Gasteiger charge is 2.29. The average Bonchev–Trinajstić information content (AvgIpc) is 3.47. The molecule has 0 aliphatic heterocycles. The van der Waals surface area contributed by atoms with Gasteiger partial charge in [0.25, 0.3) is 5.91 Å². The number of aromatic nitrogens is 5. The summed E-state index contributed by atoms with van der Waals surface area (Å²) in [5.41, 5.74) is 6.68. The Bertz CT molecular complexity index is 1580. The number of carbonyl (C=O) groups excluding carboxylic acids is 2. The molecule has 0 unspecified atom stereocenters. The van der Waals surface area contributed by atoms with E-state index in [0.29, 0.717) is 38.5 Å². The van der Waals surface area contributed by atoms with Crippen molar-refractivity contribution in [2.24, 2.45) is 14.1 Å². The first-order chi connectivity index (χ1) is 18.1. The molecule has 0 saturated carbocycles. The summed E-state index contributed by atoms with van der Waals surface area (Å²) in [6.45, 7) is 9.67. The monoisotopic (exact) mass is 534 g/mol. The van der Waals surface area contributed by atoms with Crippen molar-refractivity contribution in [2.75, 3.05) is 5.32 Å². The highest BCUT2D eigenvalue weighted by Crippen LogP contribution is 2.39. The Balaban J connectivity index is 1.62. The number of esters is 1. The van der Waals surface area contributed by atoms with Crippen LogP contribution in [0.15, 0.2) is 6.07 Å². The van der Waals surface area contributed by atoms with Crippen LogP contribution >= 0.6 is 11.3 Å². The summed E-state index contributed by atoms with van der Waals surface area (Å²) in [6.07, 6.45) is 4.35. The molecule has 9 nitrogen and oxygen atoms in total. The van der Waals surface area contributed by atoms with E-state index < -0.39 is 0 Å². The van der Waals surface area contributed by atoms with Crippen molar-refractivity contribution in [2.45, 2.75) is 72.8 Å². The van der Waals surface area contributed by atoms with E-state index in [4.69, 9.17) is 9.72 Å². The van der Waals surface area contributed by atoms with E-state index in [1.54, 1.807) is 4.68 Å². The Hall–Kier alpha value is -3.53. The number of pyridine rings is 1. The highest BCUT2D eigenvalue weighted by molar-refractivity contribution is 7.17. The molecule has 5 rings (SSSR count). The third-order valence-electron chi connectivity index (χ3n) is 7.46. The van der Waals surface area contributed by atoms with Crippen molar-refractivity contribution in [3.63, 3.8) is 0 Å². The van der Waals surface area contributed by atoms with Gasteiger partial charge in [0.1, 0.15) is 5.00 Å². The topological polar surface area (TPSA) is 104 Å². The fourth-order valence-corrected chi connectivity index (χ4v) is 6.53. The van der Waals surface area contributed by atoms with Crippen LogP contribution in [0.4, 0.5) is 5.00 Å². The van der Waals surface area contributed by atoms with Crippen LogP contribution in [0.3, 0.4) is 0 Å². The minimum absolute atomic E-state index is 0.198. The fraction of sp³-hybridized carbons (Fsp3) is 0.464. The molecule has 0 aromatic carbocycles. The number of hydrogen-bond acceptors (Lipinski definition) is 7. The van der Waals surface area contributed by atoms with Crippen molar-refractivity contribution >= 4 is 39.2 Å². The van der Waals surface area contributed by atoms with Gasteiger partial charge in [-0.1, -0.05) is 6.92 Å². The normalized spacial score (nSPS) is 14.0. The van der Waals surface area contributed by atoms with Gasteiger partial charge in [-0.3, -0.25) is 14.2 Å². The Kier molecular flexibility index (Phi) is 6.85. The van der Waals surface area contributed by atoms with Gasteiger partial charge in [0.05, 0.1) is 39.7 Å². The van der Waals surface area contributed by atoms with Crippen LogP contribution in [0.25, 0.3) is 22.3 Å². The van der Waals surface area contributed by atoms with Gasteiger partial charge in [-0.25, -0.2) is 9.78 Å². The molecule has 38 heavy (non-hydrogen) atoms. The number of hydrogen-bond donors (Lipinski definition) is 1. The summed E-state index contributed by atoms with van der Waals surface area (Å²) in [6, 6.07) is 1.81. The van der Waals surface area contributed by atoms with Gasteiger partial charge in [0, 0.05) is 30.2 Å². The zero-order chi connectivity index (χ0) is 27.3. The maximum Gasteiger partial charge on any atom is 0.341 e. The van der Waals surface area contributed by atoms with Crippen molar-refractivity contribution < 1.29 is 14.3 Å². The van der Waals surface area contributed by atoms with Crippen molar-refractivity contribution in [1.82, 2.24) is 24.5 Å². The SMILES string of the molecule is CC[C@H](C)OC(=O)c1c(NC(=O)c2cc(-c3c(C)nn(C)c3C)nc3c2c(C)nn3C)sc2c1CCCC2. The number of nitrogens with zero attached hydrogens (tertiary/aromatic N) is 5. The number of aryl methyl sites for hydroxylation is 5. The lowest BCUT2D eigenvalue weighted by Crippen LogP contribution is -2.19. The third-order valence-corrected chi connectivity index (χ3v) is 8.67. The van der Waals surface area contributed by atoms with Crippen LogP contribution in [-0.2, 0) is 31.7 Å². The van der Waals surface area contributed by atoms with Gasteiger partial charge in [0.15, 0.2) is 5.65 Å². The first-order valence-corrected chi connectivity index (χ1v) is 13.9. The predicted octanol–water partition coefficient (Wildman–Crippen LogP) is 5.44. The number of thiophene rings is 1. The van der Waals surface area contributed by atoms with Gasteiger partial charge in [-0.15, -0.1) is 11.3 Å². The van der Waals surface area contributed by atoms with Crippen LogP contribution in [-0.4, -0.2) is 42.5 Å². The summed E-state index contributed by atoms with van der Waals surface area (Å²) < 4.78 is 9.23. The second-order valence-corrected chi connectivity index (χ2v) is 11.2. The summed E-state index contributed by atoms with van der Waals surface area (Å²) in [4.78, 5) is 33.3. The van der Waals surface area contributed by atoms with Gasteiger partial charge in [0.2, 0.25) is 0 Å². The quantitative estimate of drug-likeness (QED) is 0.330. The number of carbonyl (C=O) groups is 2. The number of nitrogens with one attached hydrogen (secondary N) is 1. The Morgan fingerprint density at radius 3 is 2.50 bits per heavy atom. The molecule has 0 fully saturated rings. The molecule has 1 aliphatic rings. The van der Waals surface area contributed by atoms with E-state index in [1.807, 2.05) is 59.5 Å². The minimum atomic E-state index is -0.367. The number of rotatable bonds is 6. The Labute approximate surface area is 226 Å². The number of ether oxygens (including phenoxy) is 1. The molecule has 0 saturated heterocycles. The largest absolute Gasteiger partial charge is 0.459 e. The molecular weight excluding hydrogens is 500 g/mol. The summed E-state index contributed by atoms with van der Waals surface area (Å²) in [7, 11) is 3.72. The smallest absolute Gasteiger partial charge is 0.341 e. The summed E-state index contributed by atoms with van der Waals surface area (Å²) in [5.74, 6) is -0.668. The maximum absolute atomic E-state index is 14.0. The third kappa shape index (κ3) is 4.40. The number of fused-ring (bicyclic) bond motifs is 2. The summed E-state index contributed by atoms with van der Waals surface area (Å²) in [5, 5.41) is 13.4.